The van der Waals surface area contributed by atoms with Crippen molar-refractivity contribution in [1.29, 1.82) is 5.26 Å². The lowest BCUT2D eigenvalue weighted by Crippen LogP contribution is -2.50. The number of hydrogen-bond acceptors (Lipinski definition) is 9. The topological polar surface area (TPSA) is 97.5 Å². The Bertz CT molecular complexity index is 1210. The van der Waals surface area contributed by atoms with Crippen molar-refractivity contribution in [3.63, 3.8) is 0 Å². The number of aromatic nitrogens is 2. The molecule has 4 heterocycles. The lowest BCUT2D eigenvalue weighted by atomic mass is 10.1. The summed E-state index contributed by atoms with van der Waals surface area (Å²) in [6, 6.07) is 8.97. The van der Waals surface area contributed by atoms with E-state index in [0.717, 1.165) is 43.0 Å². The largest absolute Gasteiger partial charge is 0.507 e. The van der Waals surface area contributed by atoms with Gasteiger partial charge in [0.2, 0.25) is 0 Å². The molecular formula is C24H27FN6O2S. The zero-order valence-corrected chi connectivity index (χ0v) is 19.8. The molecule has 1 aromatic carbocycles. The second-order valence-electron chi connectivity index (χ2n) is 8.84. The number of nitrogens with zero attached hydrogens (tertiary/aromatic N) is 5. The quantitative estimate of drug-likeness (QED) is 0.552. The average Bonchev–Trinajstić information content (AvgIpc) is 3.43. The van der Waals surface area contributed by atoms with E-state index in [0.29, 0.717) is 42.0 Å². The normalized spacial score (nSPS) is 21.1. The molecule has 5 rings (SSSR count). The van der Waals surface area contributed by atoms with Crippen LogP contribution in [0.1, 0.15) is 19.3 Å². The van der Waals surface area contributed by atoms with E-state index in [1.807, 2.05) is 0 Å². The zero-order chi connectivity index (χ0) is 23.7. The van der Waals surface area contributed by atoms with E-state index in [1.54, 1.807) is 6.07 Å². The Kier molecular flexibility index (Phi) is 6.50. The second-order valence-corrected chi connectivity index (χ2v) is 9.89. The Morgan fingerprint density at radius 3 is 3.00 bits per heavy atom. The SMILES string of the molecule is CN1CCC[C@H]1COc1nc(N2CCNC(CC#N)C2)c2sc(-c3c(O)cccc3F)cc2n1. The first-order valence-corrected chi connectivity index (χ1v) is 12.3. The monoisotopic (exact) mass is 482 g/mol. The van der Waals surface area contributed by atoms with Crippen molar-refractivity contribution < 1.29 is 14.2 Å². The number of nitrogens with one attached hydrogen (secondary N) is 1. The number of fused-ring (bicyclic) bond motifs is 1. The maximum absolute atomic E-state index is 14.6. The highest BCUT2D eigenvalue weighted by atomic mass is 32.1. The molecule has 0 radical (unpaired) electrons. The molecule has 1 unspecified atom stereocenters. The van der Waals surface area contributed by atoms with E-state index in [4.69, 9.17) is 15.0 Å². The zero-order valence-electron chi connectivity index (χ0n) is 19.0. The van der Waals surface area contributed by atoms with Crippen molar-refractivity contribution in [2.45, 2.75) is 31.3 Å². The molecule has 2 aliphatic heterocycles. The molecule has 2 aliphatic rings. The Labute approximate surface area is 201 Å². The van der Waals surface area contributed by atoms with Crippen molar-refractivity contribution in [3.05, 3.63) is 30.1 Å². The highest BCUT2D eigenvalue weighted by Gasteiger charge is 2.26. The Balaban J connectivity index is 1.54. The molecule has 34 heavy (non-hydrogen) atoms. The average molecular weight is 483 g/mol. The molecule has 0 bridgehead atoms. The summed E-state index contributed by atoms with van der Waals surface area (Å²) in [7, 11) is 2.10. The van der Waals surface area contributed by atoms with E-state index >= 15 is 0 Å². The lowest BCUT2D eigenvalue weighted by Gasteiger charge is -2.33. The molecule has 2 fully saturated rings. The molecule has 0 amide bonds. The number of likely N-dealkylation sites (N-methyl/N-ethyl adjacent to an activating group) is 1. The van der Waals surface area contributed by atoms with Crippen LogP contribution in [0.15, 0.2) is 24.3 Å². The van der Waals surface area contributed by atoms with Crippen LogP contribution in [-0.4, -0.2) is 71.9 Å². The van der Waals surface area contributed by atoms with Crippen molar-refractivity contribution in [2.75, 3.05) is 44.7 Å². The number of anilines is 1. The van der Waals surface area contributed by atoms with Gasteiger partial charge < -0.3 is 25.0 Å². The molecule has 2 atom stereocenters. The van der Waals surface area contributed by atoms with Gasteiger partial charge in [-0.25, -0.2) is 4.39 Å². The molecule has 178 valence electrons. The first-order valence-electron chi connectivity index (χ1n) is 11.5. The minimum absolute atomic E-state index is 0.0373. The number of likely N-dealkylation sites (tertiary alicyclic amines) is 1. The number of thiophene rings is 1. The van der Waals surface area contributed by atoms with Crippen LogP contribution in [-0.2, 0) is 0 Å². The van der Waals surface area contributed by atoms with E-state index in [9.17, 15) is 9.50 Å². The van der Waals surface area contributed by atoms with Crippen molar-refractivity contribution in [3.8, 4) is 28.3 Å². The second kappa shape index (κ2) is 9.70. The van der Waals surface area contributed by atoms with Crippen LogP contribution in [0.5, 0.6) is 11.8 Å². The van der Waals surface area contributed by atoms with Crippen LogP contribution in [0.25, 0.3) is 20.7 Å². The predicted octanol–water partition coefficient (Wildman–Crippen LogP) is 3.37. The Hall–Kier alpha value is -3.00. The Morgan fingerprint density at radius 1 is 1.35 bits per heavy atom. The number of aromatic hydroxyl groups is 1. The van der Waals surface area contributed by atoms with E-state index < -0.39 is 5.82 Å². The molecular weight excluding hydrogens is 455 g/mol. The van der Waals surface area contributed by atoms with E-state index in [-0.39, 0.29) is 17.4 Å². The van der Waals surface area contributed by atoms with Crippen LogP contribution in [0.3, 0.4) is 0 Å². The number of nitriles is 1. The number of piperazine rings is 1. The van der Waals surface area contributed by atoms with Gasteiger partial charge in [-0.15, -0.1) is 11.3 Å². The molecule has 2 saturated heterocycles. The van der Waals surface area contributed by atoms with Gasteiger partial charge in [0.15, 0.2) is 5.82 Å². The summed E-state index contributed by atoms with van der Waals surface area (Å²) in [5, 5.41) is 22.8. The standard InChI is InChI=1S/C24H27FN6O2S/c1-30-10-3-4-16(30)14-33-24-28-18-12-20(21-17(25)5-2-6-19(21)32)34-22(18)23(29-24)31-11-9-27-15(13-31)7-8-26/h2,5-6,12,15-16,27,32H,3-4,7,9-11,13-14H2,1H3/t15?,16-/m0/s1. The summed E-state index contributed by atoms with van der Waals surface area (Å²) in [6.07, 6.45) is 2.63. The third kappa shape index (κ3) is 4.51. The van der Waals surface area contributed by atoms with Crippen LogP contribution >= 0.6 is 11.3 Å². The maximum Gasteiger partial charge on any atom is 0.319 e. The molecule has 3 aromatic rings. The number of rotatable bonds is 6. The fraction of sp³-hybridized carbons (Fsp3) is 0.458. The van der Waals surface area contributed by atoms with Gasteiger partial charge in [-0.1, -0.05) is 6.07 Å². The van der Waals surface area contributed by atoms with E-state index in [2.05, 4.69) is 33.2 Å². The lowest BCUT2D eigenvalue weighted by molar-refractivity contribution is 0.188. The van der Waals surface area contributed by atoms with E-state index in [1.165, 1.54) is 29.5 Å². The fourth-order valence-corrected chi connectivity index (χ4v) is 5.85. The predicted molar refractivity (Wildman–Crippen MR) is 130 cm³/mol. The highest BCUT2D eigenvalue weighted by Crippen LogP contribution is 2.42. The molecule has 2 N–H and O–H groups in total. The van der Waals surface area contributed by atoms with Crippen LogP contribution in [0, 0.1) is 17.1 Å². The van der Waals surface area contributed by atoms with Crippen molar-refractivity contribution in [2.24, 2.45) is 0 Å². The van der Waals surface area contributed by atoms with Gasteiger partial charge in [0.25, 0.3) is 0 Å². The van der Waals surface area contributed by atoms with Crippen molar-refractivity contribution in [1.82, 2.24) is 20.2 Å². The minimum atomic E-state index is -0.488. The number of benzene rings is 1. The first-order chi connectivity index (χ1) is 16.5. The van der Waals surface area contributed by atoms with Gasteiger partial charge in [0.1, 0.15) is 18.2 Å². The molecule has 0 saturated carbocycles. The van der Waals surface area contributed by atoms with Gasteiger partial charge in [0.05, 0.1) is 28.3 Å². The smallest absolute Gasteiger partial charge is 0.319 e. The molecule has 10 heteroatoms. The summed E-state index contributed by atoms with van der Waals surface area (Å²) in [5.74, 6) is 0.118. The van der Waals surface area contributed by atoms with Crippen LogP contribution < -0.4 is 15.0 Å². The summed E-state index contributed by atoms with van der Waals surface area (Å²) in [5.41, 5.74) is 0.812. The molecule has 0 spiro atoms. The Morgan fingerprint density at radius 2 is 2.24 bits per heavy atom. The molecule has 0 aliphatic carbocycles. The summed E-state index contributed by atoms with van der Waals surface area (Å²) >= 11 is 1.35. The van der Waals surface area contributed by atoms with Crippen LogP contribution in [0.4, 0.5) is 10.2 Å². The molecule has 8 nitrogen and oxygen atoms in total. The minimum Gasteiger partial charge on any atom is -0.507 e. The highest BCUT2D eigenvalue weighted by molar-refractivity contribution is 7.22. The number of phenolic OH excluding ortho intramolecular Hbond substituents is 1. The maximum atomic E-state index is 14.6. The number of ether oxygens (including phenoxy) is 1. The summed E-state index contributed by atoms with van der Waals surface area (Å²) < 4.78 is 21.5. The van der Waals surface area contributed by atoms with Crippen molar-refractivity contribution >= 4 is 27.4 Å². The van der Waals surface area contributed by atoms with Gasteiger partial charge in [-0.05, 0) is 44.6 Å². The first kappa shape index (κ1) is 22.8. The fourth-order valence-electron chi connectivity index (χ4n) is 4.68. The van der Waals surface area contributed by atoms with Gasteiger partial charge in [0, 0.05) is 36.6 Å². The third-order valence-electron chi connectivity index (χ3n) is 6.54. The number of hydrogen-bond donors (Lipinski definition) is 2. The molecule has 2 aromatic heterocycles. The van der Waals surface area contributed by atoms with Crippen LogP contribution in [0.2, 0.25) is 0 Å². The summed E-state index contributed by atoms with van der Waals surface area (Å²) in [4.78, 5) is 14.4. The number of phenols is 1. The van der Waals surface area contributed by atoms with Gasteiger partial charge >= 0.3 is 6.01 Å². The van der Waals surface area contributed by atoms with Gasteiger partial charge in [-0.3, -0.25) is 0 Å². The number of halogens is 1. The third-order valence-corrected chi connectivity index (χ3v) is 7.68. The van der Waals surface area contributed by atoms with Gasteiger partial charge in [-0.2, -0.15) is 15.2 Å². The summed E-state index contributed by atoms with van der Waals surface area (Å²) in [6.45, 7) is 3.64.